The van der Waals surface area contributed by atoms with Gasteiger partial charge in [-0.1, -0.05) is 89.7 Å². The van der Waals surface area contributed by atoms with Crippen LogP contribution >= 0.6 is 0 Å². The van der Waals surface area contributed by atoms with Crippen LogP contribution in [-0.4, -0.2) is 59.6 Å². The van der Waals surface area contributed by atoms with Gasteiger partial charge in [-0.25, -0.2) is 0 Å². The molecule has 1 rings (SSSR count). The van der Waals surface area contributed by atoms with Crippen LogP contribution in [0.5, 0.6) is 0 Å². The highest BCUT2D eigenvalue weighted by molar-refractivity contribution is 4.86. The van der Waals surface area contributed by atoms with Crippen molar-refractivity contribution >= 4 is 0 Å². The summed E-state index contributed by atoms with van der Waals surface area (Å²) in [6, 6.07) is 0. The summed E-state index contributed by atoms with van der Waals surface area (Å²) >= 11 is 0. The average molecular weight is 443 g/mol. The molecule has 1 heterocycles. The number of hydrogen-bond donors (Lipinski definition) is 3. The Morgan fingerprint density at radius 1 is 0.710 bits per heavy atom. The summed E-state index contributed by atoms with van der Waals surface area (Å²) in [7, 11) is 0. The number of aliphatic hydroxyl groups excluding tert-OH is 3. The Kier molecular flexibility index (Phi) is 18.6. The zero-order chi connectivity index (χ0) is 22.6. The molecular formula is C26H50O5. The van der Waals surface area contributed by atoms with Gasteiger partial charge in [-0.3, -0.25) is 0 Å². The maximum Gasteiger partial charge on any atom is 0.111 e. The van der Waals surface area contributed by atoms with E-state index in [2.05, 4.69) is 19.1 Å². The minimum Gasteiger partial charge on any atom is -0.388 e. The van der Waals surface area contributed by atoms with Gasteiger partial charge in [0.2, 0.25) is 0 Å². The summed E-state index contributed by atoms with van der Waals surface area (Å²) < 4.78 is 10.9. The number of rotatable bonds is 20. The van der Waals surface area contributed by atoms with E-state index in [1.807, 2.05) is 0 Å². The Labute approximate surface area is 191 Å². The van der Waals surface area contributed by atoms with E-state index in [1.165, 1.54) is 89.9 Å². The number of unbranched alkanes of at least 4 members (excludes halogenated alkanes) is 14. The second-order valence-corrected chi connectivity index (χ2v) is 9.14. The molecule has 184 valence electrons. The first-order valence-corrected chi connectivity index (χ1v) is 13.0. The van der Waals surface area contributed by atoms with Crippen LogP contribution in [0.4, 0.5) is 0 Å². The molecule has 0 aromatic rings. The number of allylic oxidation sites excluding steroid dienone is 2. The average Bonchev–Trinajstić information content (AvgIpc) is 2.77. The second kappa shape index (κ2) is 20.2. The summed E-state index contributed by atoms with van der Waals surface area (Å²) in [5.41, 5.74) is 0. The molecule has 0 radical (unpaired) electrons. The van der Waals surface area contributed by atoms with Gasteiger partial charge >= 0.3 is 0 Å². The van der Waals surface area contributed by atoms with Crippen molar-refractivity contribution in [3.8, 4) is 0 Å². The molecule has 1 aliphatic heterocycles. The summed E-state index contributed by atoms with van der Waals surface area (Å²) in [5, 5.41) is 28.9. The summed E-state index contributed by atoms with van der Waals surface area (Å²) in [6.07, 6.45) is 21.8. The monoisotopic (exact) mass is 442 g/mol. The molecule has 5 nitrogen and oxygen atoms in total. The molecule has 1 saturated heterocycles. The Hall–Kier alpha value is -0.460. The molecule has 0 spiro atoms. The molecule has 0 bridgehead atoms. The molecule has 1 fully saturated rings. The van der Waals surface area contributed by atoms with Gasteiger partial charge in [0, 0.05) is 6.61 Å². The fourth-order valence-corrected chi connectivity index (χ4v) is 4.02. The standard InChI is InChI=1S/C26H50O5/c1-2-3-4-5-6-7-8-9-10-11-12-13-14-15-16-17-18-19-20-30-22-24-26(29)25(28)23(27)21-31-24/h12-13,23-29H,2-11,14-22H2,1H3/b13-12+/t23-,24+,25+,26+/m1/s1. The fourth-order valence-electron chi connectivity index (χ4n) is 4.02. The fraction of sp³-hybridized carbons (Fsp3) is 0.923. The lowest BCUT2D eigenvalue weighted by Crippen LogP contribution is -2.54. The van der Waals surface area contributed by atoms with Gasteiger partial charge in [0.15, 0.2) is 0 Å². The van der Waals surface area contributed by atoms with Crippen LogP contribution in [-0.2, 0) is 9.47 Å². The van der Waals surface area contributed by atoms with Gasteiger partial charge in [-0.05, 0) is 32.1 Å². The third kappa shape index (κ3) is 15.1. The number of aliphatic hydroxyl groups is 3. The van der Waals surface area contributed by atoms with Gasteiger partial charge in [-0.2, -0.15) is 0 Å². The molecule has 0 amide bonds. The van der Waals surface area contributed by atoms with Gasteiger partial charge in [0.1, 0.15) is 24.4 Å². The maximum atomic E-state index is 9.85. The van der Waals surface area contributed by atoms with Crippen LogP contribution in [0, 0.1) is 0 Å². The third-order valence-electron chi connectivity index (χ3n) is 6.19. The molecule has 0 unspecified atom stereocenters. The molecule has 3 N–H and O–H groups in total. The highest BCUT2D eigenvalue weighted by atomic mass is 16.6. The molecule has 0 aromatic carbocycles. The molecule has 31 heavy (non-hydrogen) atoms. The third-order valence-corrected chi connectivity index (χ3v) is 6.19. The predicted molar refractivity (Wildman–Crippen MR) is 127 cm³/mol. The van der Waals surface area contributed by atoms with Crippen molar-refractivity contribution < 1.29 is 24.8 Å². The van der Waals surface area contributed by atoms with Crippen LogP contribution in [0.2, 0.25) is 0 Å². The van der Waals surface area contributed by atoms with Crippen LogP contribution in [0.3, 0.4) is 0 Å². The largest absolute Gasteiger partial charge is 0.388 e. The van der Waals surface area contributed by atoms with Gasteiger partial charge in [0.05, 0.1) is 13.2 Å². The Morgan fingerprint density at radius 2 is 1.23 bits per heavy atom. The molecule has 0 saturated carbocycles. The first-order valence-electron chi connectivity index (χ1n) is 13.0. The number of ether oxygens (including phenoxy) is 2. The Morgan fingerprint density at radius 3 is 1.81 bits per heavy atom. The quantitative estimate of drug-likeness (QED) is 0.176. The first-order chi connectivity index (χ1) is 15.2. The van der Waals surface area contributed by atoms with E-state index in [9.17, 15) is 15.3 Å². The van der Waals surface area contributed by atoms with Gasteiger partial charge < -0.3 is 24.8 Å². The molecule has 0 aliphatic carbocycles. The maximum absolute atomic E-state index is 9.85. The second-order valence-electron chi connectivity index (χ2n) is 9.14. The molecular weight excluding hydrogens is 392 g/mol. The zero-order valence-electron chi connectivity index (χ0n) is 20.1. The topological polar surface area (TPSA) is 79.2 Å². The summed E-state index contributed by atoms with van der Waals surface area (Å²) in [5.74, 6) is 0. The minimum absolute atomic E-state index is 0.0416. The van der Waals surface area contributed by atoms with Crippen LogP contribution in [0.1, 0.15) is 110 Å². The summed E-state index contributed by atoms with van der Waals surface area (Å²) in [6.45, 7) is 3.22. The van der Waals surface area contributed by atoms with Crippen molar-refractivity contribution in [2.45, 2.75) is 134 Å². The van der Waals surface area contributed by atoms with E-state index >= 15 is 0 Å². The van der Waals surface area contributed by atoms with E-state index in [4.69, 9.17) is 9.47 Å². The minimum atomic E-state index is -1.15. The van der Waals surface area contributed by atoms with Crippen molar-refractivity contribution in [3.05, 3.63) is 12.2 Å². The molecule has 4 atom stereocenters. The van der Waals surface area contributed by atoms with Crippen molar-refractivity contribution in [2.24, 2.45) is 0 Å². The smallest absolute Gasteiger partial charge is 0.111 e. The Balaban J connectivity index is 1.78. The highest BCUT2D eigenvalue weighted by Gasteiger charge is 2.37. The Bertz CT molecular complexity index is 415. The van der Waals surface area contributed by atoms with Crippen molar-refractivity contribution in [1.82, 2.24) is 0 Å². The van der Waals surface area contributed by atoms with Crippen LogP contribution < -0.4 is 0 Å². The first kappa shape index (κ1) is 28.6. The van der Waals surface area contributed by atoms with Crippen molar-refractivity contribution in [3.63, 3.8) is 0 Å². The van der Waals surface area contributed by atoms with E-state index in [1.54, 1.807) is 0 Å². The van der Waals surface area contributed by atoms with Gasteiger partial charge in [-0.15, -0.1) is 0 Å². The zero-order valence-corrected chi connectivity index (χ0v) is 20.1. The predicted octanol–water partition coefficient (Wildman–Crippen LogP) is 5.30. The van der Waals surface area contributed by atoms with Crippen LogP contribution in [0.25, 0.3) is 0 Å². The molecule has 0 aromatic heterocycles. The molecule has 1 aliphatic rings. The SMILES string of the molecule is CCCCCCCCCCC/C=C/CCCCCCCOC[C@@H]1OC[C@@H](O)[C@H](O)[C@H]1O. The van der Waals surface area contributed by atoms with E-state index in [0.717, 1.165) is 12.8 Å². The normalized spacial score (nSPS) is 24.3. The van der Waals surface area contributed by atoms with E-state index < -0.39 is 24.4 Å². The van der Waals surface area contributed by atoms with Crippen LogP contribution in [0.15, 0.2) is 12.2 Å². The highest BCUT2D eigenvalue weighted by Crippen LogP contribution is 2.16. The van der Waals surface area contributed by atoms with Crippen molar-refractivity contribution in [1.29, 1.82) is 0 Å². The summed E-state index contributed by atoms with van der Waals surface area (Å²) in [4.78, 5) is 0. The number of hydrogen-bond acceptors (Lipinski definition) is 5. The van der Waals surface area contributed by atoms with E-state index in [0.29, 0.717) is 6.61 Å². The lowest BCUT2D eigenvalue weighted by molar-refractivity contribution is -0.199. The van der Waals surface area contributed by atoms with Gasteiger partial charge in [0.25, 0.3) is 0 Å². The van der Waals surface area contributed by atoms with E-state index in [-0.39, 0.29) is 13.2 Å². The lowest BCUT2D eigenvalue weighted by Gasteiger charge is -2.35. The molecule has 5 heteroatoms. The lowest BCUT2D eigenvalue weighted by atomic mass is 10.0. The van der Waals surface area contributed by atoms with Crippen molar-refractivity contribution in [2.75, 3.05) is 19.8 Å².